The second kappa shape index (κ2) is 6.70. The average molecular weight is 234 g/mol. The van der Waals surface area contributed by atoms with Crippen LogP contribution < -0.4 is 10.4 Å². The van der Waals surface area contributed by atoms with Crippen molar-refractivity contribution in [3.8, 4) is 0 Å². The minimum Gasteiger partial charge on any atom is -0.378 e. The van der Waals surface area contributed by atoms with Crippen molar-refractivity contribution in [1.82, 2.24) is 5.48 Å². The van der Waals surface area contributed by atoms with Crippen LogP contribution in [0.3, 0.4) is 0 Å². The first-order valence-corrected chi connectivity index (χ1v) is 5.50. The first-order chi connectivity index (χ1) is 8.13. The lowest BCUT2D eigenvalue weighted by Crippen LogP contribution is -2.17. The minimum atomic E-state index is -0.363. The van der Waals surface area contributed by atoms with Gasteiger partial charge in [-0.15, -0.1) is 0 Å². The summed E-state index contributed by atoms with van der Waals surface area (Å²) in [6.07, 6.45) is 4.79. The van der Waals surface area contributed by atoms with Crippen LogP contribution in [0.15, 0.2) is 30.3 Å². The van der Waals surface area contributed by atoms with E-state index in [-0.39, 0.29) is 5.91 Å². The van der Waals surface area contributed by atoms with Crippen LogP contribution in [0.5, 0.6) is 0 Å². The lowest BCUT2D eigenvalue weighted by Gasteiger charge is -2.11. The minimum absolute atomic E-state index is 0.294. The molecule has 4 heteroatoms. The smallest absolute Gasteiger partial charge is 0.243 e. The SMILES string of the molecule is CN(C)c1ccc(/C=C/CCC(=O)NO)cc1. The zero-order valence-electron chi connectivity index (χ0n) is 10.2. The molecule has 0 radical (unpaired) electrons. The van der Waals surface area contributed by atoms with Gasteiger partial charge in [0.05, 0.1) is 0 Å². The van der Waals surface area contributed by atoms with Crippen LogP contribution in [0.2, 0.25) is 0 Å². The number of nitrogens with one attached hydrogen (secondary N) is 1. The summed E-state index contributed by atoms with van der Waals surface area (Å²) in [6.45, 7) is 0. The van der Waals surface area contributed by atoms with Crippen molar-refractivity contribution in [3.05, 3.63) is 35.9 Å². The van der Waals surface area contributed by atoms with E-state index in [1.54, 1.807) is 5.48 Å². The van der Waals surface area contributed by atoms with Crippen molar-refractivity contribution < 1.29 is 10.0 Å². The molecule has 1 rings (SSSR count). The summed E-state index contributed by atoms with van der Waals surface area (Å²) in [4.78, 5) is 12.8. The average Bonchev–Trinajstić information content (AvgIpc) is 2.34. The molecule has 17 heavy (non-hydrogen) atoms. The highest BCUT2D eigenvalue weighted by Crippen LogP contribution is 2.13. The molecular weight excluding hydrogens is 216 g/mol. The molecule has 2 N–H and O–H groups in total. The normalized spacial score (nSPS) is 10.5. The molecule has 0 saturated heterocycles. The number of allylic oxidation sites excluding steroid dienone is 1. The number of hydrogen-bond acceptors (Lipinski definition) is 3. The van der Waals surface area contributed by atoms with Crippen LogP contribution in [-0.4, -0.2) is 25.2 Å². The number of nitrogens with zero attached hydrogens (tertiary/aromatic N) is 1. The van der Waals surface area contributed by atoms with Gasteiger partial charge in [0.1, 0.15) is 0 Å². The summed E-state index contributed by atoms with van der Waals surface area (Å²) in [5.41, 5.74) is 3.86. The van der Waals surface area contributed by atoms with Gasteiger partial charge in [-0.1, -0.05) is 24.3 Å². The molecule has 0 fully saturated rings. The summed E-state index contributed by atoms with van der Waals surface area (Å²) in [7, 11) is 4.00. The fourth-order valence-corrected chi connectivity index (χ4v) is 1.37. The summed E-state index contributed by atoms with van der Waals surface area (Å²) < 4.78 is 0. The zero-order chi connectivity index (χ0) is 12.7. The van der Waals surface area contributed by atoms with E-state index in [0.29, 0.717) is 12.8 Å². The topological polar surface area (TPSA) is 52.6 Å². The van der Waals surface area contributed by atoms with Crippen molar-refractivity contribution in [2.75, 3.05) is 19.0 Å². The molecule has 0 bridgehead atoms. The Morgan fingerprint density at radius 2 is 2.00 bits per heavy atom. The summed E-state index contributed by atoms with van der Waals surface area (Å²) >= 11 is 0. The van der Waals surface area contributed by atoms with E-state index in [9.17, 15) is 4.79 Å². The molecule has 0 unspecified atom stereocenters. The van der Waals surface area contributed by atoms with Crippen molar-refractivity contribution >= 4 is 17.7 Å². The lowest BCUT2D eigenvalue weighted by molar-refractivity contribution is -0.129. The fourth-order valence-electron chi connectivity index (χ4n) is 1.37. The molecule has 1 amide bonds. The van der Waals surface area contributed by atoms with Crippen molar-refractivity contribution in [1.29, 1.82) is 0 Å². The van der Waals surface area contributed by atoms with Gasteiger partial charge in [0, 0.05) is 26.2 Å². The van der Waals surface area contributed by atoms with E-state index in [1.165, 1.54) is 0 Å². The van der Waals surface area contributed by atoms with E-state index in [0.717, 1.165) is 11.3 Å². The quantitative estimate of drug-likeness (QED) is 0.605. The highest BCUT2D eigenvalue weighted by atomic mass is 16.5. The van der Waals surface area contributed by atoms with E-state index in [4.69, 9.17) is 5.21 Å². The standard InChI is InChI=1S/C13H18N2O2/c1-15(2)12-9-7-11(8-10-12)5-3-4-6-13(16)14-17/h3,5,7-10,17H,4,6H2,1-2H3,(H,14,16)/b5-3+. The van der Waals surface area contributed by atoms with Gasteiger partial charge in [0.15, 0.2) is 0 Å². The van der Waals surface area contributed by atoms with Gasteiger partial charge < -0.3 is 4.90 Å². The van der Waals surface area contributed by atoms with Crippen LogP contribution in [0.4, 0.5) is 5.69 Å². The maximum atomic E-state index is 10.7. The predicted octanol–water partition coefficient (Wildman–Crippen LogP) is 2.05. The lowest BCUT2D eigenvalue weighted by atomic mass is 10.1. The molecule has 0 aliphatic heterocycles. The third-order valence-electron chi connectivity index (χ3n) is 2.38. The maximum Gasteiger partial charge on any atom is 0.243 e. The molecule has 0 heterocycles. The number of rotatable bonds is 5. The Bertz CT molecular complexity index is 383. The van der Waals surface area contributed by atoms with Gasteiger partial charge in [-0.25, -0.2) is 5.48 Å². The van der Waals surface area contributed by atoms with Gasteiger partial charge in [-0.05, 0) is 24.1 Å². The molecule has 0 spiro atoms. The molecule has 1 aromatic rings. The second-order valence-electron chi connectivity index (χ2n) is 3.96. The number of carbonyl (C=O) groups excluding carboxylic acids is 1. The first-order valence-electron chi connectivity index (χ1n) is 5.50. The Balaban J connectivity index is 2.46. The molecule has 0 aliphatic rings. The summed E-state index contributed by atoms with van der Waals surface area (Å²) in [6, 6.07) is 8.14. The molecule has 0 atom stereocenters. The van der Waals surface area contributed by atoms with E-state index >= 15 is 0 Å². The van der Waals surface area contributed by atoms with E-state index in [2.05, 4.69) is 0 Å². The molecule has 0 aromatic heterocycles. The fraction of sp³-hybridized carbons (Fsp3) is 0.308. The van der Waals surface area contributed by atoms with Gasteiger partial charge in [-0.2, -0.15) is 0 Å². The number of amides is 1. The van der Waals surface area contributed by atoms with Crippen LogP contribution in [0.1, 0.15) is 18.4 Å². The highest BCUT2D eigenvalue weighted by Gasteiger charge is 1.96. The molecular formula is C13H18N2O2. The summed E-state index contributed by atoms with van der Waals surface area (Å²) in [5.74, 6) is -0.363. The summed E-state index contributed by atoms with van der Waals surface area (Å²) in [5, 5.41) is 8.31. The molecule has 0 aliphatic carbocycles. The largest absolute Gasteiger partial charge is 0.378 e. The van der Waals surface area contributed by atoms with E-state index in [1.807, 2.05) is 55.4 Å². The Morgan fingerprint density at radius 1 is 1.35 bits per heavy atom. The van der Waals surface area contributed by atoms with E-state index < -0.39 is 0 Å². The molecule has 92 valence electrons. The number of hydrogen-bond donors (Lipinski definition) is 2. The first kappa shape index (κ1) is 13.3. The predicted molar refractivity (Wildman–Crippen MR) is 69.0 cm³/mol. The number of benzene rings is 1. The van der Waals surface area contributed by atoms with Gasteiger partial charge in [-0.3, -0.25) is 10.0 Å². The highest BCUT2D eigenvalue weighted by molar-refractivity contribution is 5.74. The van der Waals surface area contributed by atoms with Gasteiger partial charge >= 0.3 is 0 Å². The molecule has 1 aromatic carbocycles. The monoisotopic (exact) mass is 234 g/mol. The van der Waals surface area contributed by atoms with Gasteiger partial charge in [0.25, 0.3) is 0 Å². The Kier molecular flexibility index (Phi) is 5.23. The Morgan fingerprint density at radius 3 is 2.53 bits per heavy atom. The number of anilines is 1. The number of carbonyl (C=O) groups is 1. The molecule has 4 nitrogen and oxygen atoms in total. The third kappa shape index (κ3) is 4.70. The van der Waals surface area contributed by atoms with Crippen LogP contribution >= 0.6 is 0 Å². The molecule has 0 saturated carbocycles. The second-order valence-corrected chi connectivity index (χ2v) is 3.96. The Labute approximate surface area is 102 Å². The van der Waals surface area contributed by atoms with Crippen molar-refractivity contribution in [3.63, 3.8) is 0 Å². The third-order valence-corrected chi connectivity index (χ3v) is 2.38. The van der Waals surface area contributed by atoms with Crippen molar-refractivity contribution in [2.24, 2.45) is 0 Å². The van der Waals surface area contributed by atoms with Gasteiger partial charge in [0.2, 0.25) is 5.91 Å². The Hall–Kier alpha value is -1.81. The van der Waals surface area contributed by atoms with Crippen molar-refractivity contribution in [2.45, 2.75) is 12.8 Å². The maximum absolute atomic E-state index is 10.7. The number of hydroxylamine groups is 1. The van der Waals surface area contributed by atoms with Crippen LogP contribution in [-0.2, 0) is 4.79 Å². The van der Waals surface area contributed by atoms with Crippen LogP contribution in [0, 0.1) is 0 Å². The van der Waals surface area contributed by atoms with Crippen LogP contribution in [0.25, 0.3) is 6.08 Å². The zero-order valence-corrected chi connectivity index (χ0v) is 10.2.